The number of nitrogens with one attached hydrogen (secondary N) is 1. The summed E-state index contributed by atoms with van der Waals surface area (Å²) in [5.41, 5.74) is 3.18. The number of nitrogens with zero attached hydrogens (tertiary/aromatic N) is 3. The second-order valence-corrected chi connectivity index (χ2v) is 8.33. The van der Waals surface area contributed by atoms with Crippen molar-refractivity contribution in [1.82, 2.24) is 20.4 Å². The number of ether oxygens (including phenoxy) is 2. The summed E-state index contributed by atoms with van der Waals surface area (Å²) in [6.07, 6.45) is 2.03. The van der Waals surface area contributed by atoms with Crippen molar-refractivity contribution in [2.24, 2.45) is 0 Å². The SMILES string of the molecule is COCCN1C(=O)NC(c2cccc(OC)c2)C(c2nc(-c3ccc(SC)cc3)no2)=C1C. The molecule has 0 saturated heterocycles. The third kappa shape index (κ3) is 4.74. The van der Waals surface area contributed by atoms with Gasteiger partial charge in [0, 0.05) is 23.3 Å². The molecule has 172 valence electrons. The van der Waals surface area contributed by atoms with Crippen LogP contribution in [0.25, 0.3) is 17.0 Å². The molecule has 3 aromatic rings. The van der Waals surface area contributed by atoms with Gasteiger partial charge in [-0.3, -0.25) is 4.90 Å². The summed E-state index contributed by atoms with van der Waals surface area (Å²) in [6.45, 7) is 2.69. The zero-order valence-corrected chi connectivity index (χ0v) is 19.8. The molecular formula is C24H26N4O4S. The van der Waals surface area contributed by atoms with Crippen LogP contribution in [-0.4, -0.2) is 54.7 Å². The highest BCUT2D eigenvalue weighted by Gasteiger charge is 2.35. The number of hydrogen-bond donors (Lipinski definition) is 1. The Morgan fingerprint density at radius 3 is 2.67 bits per heavy atom. The lowest BCUT2D eigenvalue weighted by molar-refractivity contribution is 0.158. The number of allylic oxidation sites excluding steroid dienone is 1. The molecule has 0 radical (unpaired) electrons. The maximum atomic E-state index is 12.9. The largest absolute Gasteiger partial charge is 0.497 e. The first-order valence-electron chi connectivity index (χ1n) is 10.5. The van der Waals surface area contributed by atoms with Gasteiger partial charge in [-0.1, -0.05) is 17.3 Å². The van der Waals surface area contributed by atoms with Gasteiger partial charge in [0.1, 0.15) is 5.75 Å². The number of thioether (sulfide) groups is 1. The van der Waals surface area contributed by atoms with Crippen LogP contribution in [0.3, 0.4) is 0 Å². The van der Waals surface area contributed by atoms with Crippen LogP contribution >= 0.6 is 11.8 Å². The van der Waals surface area contributed by atoms with Gasteiger partial charge in [-0.2, -0.15) is 4.98 Å². The summed E-state index contributed by atoms with van der Waals surface area (Å²) in [7, 11) is 3.22. The predicted octanol–water partition coefficient (Wildman–Crippen LogP) is 4.61. The average Bonchev–Trinajstić information content (AvgIpc) is 3.33. The van der Waals surface area contributed by atoms with E-state index >= 15 is 0 Å². The van der Waals surface area contributed by atoms with E-state index in [1.54, 1.807) is 30.9 Å². The molecule has 1 aliphatic heterocycles. The van der Waals surface area contributed by atoms with Gasteiger partial charge >= 0.3 is 6.03 Å². The molecule has 2 amide bonds. The molecule has 0 bridgehead atoms. The van der Waals surface area contributed by atoms with Crippen molar-refractivity contribution in [3.63, 3.8) is 0 Å². The highest BCUT2D eigenvalue weighted by atomic mass is 32.2. The van der Waals surface area contributed by atoms with E-state index in [4.69, 9.17) is 14.0 Å². The van der Waals surface area contributed by atoms with E-state index in [2.05, 4.69) is 15.5 Å². The van der Waals surface area contributed by atoms with E-state index in [-0.39, 0.29) is 6.03 Å². The monoisotopic (exact) mass is 466 g/mol. The first-order chi connectivity index (χ1) is 16.0. The van der Waals surface area contributed by atoms with Gasteiger partial charge in [-0.25, -0.2) is 4.79 Å². The quantitative estimate of drug-likeness (QED) is 0.485. The third-order valence-electron chi connectivity index (χ3n) is 5.55. The van der Waals surface area contributed by atoms with Gasteiger partial charge in [0.2, 0.25) is 5.82 Å². The summed E-state index contributed by atoms with van der Waals surface area (Å²) in [5.74, 6) is 1.54. The second-order valence-electron chi connectivity index (χ2n) is 7.45. The molecule has 4 rings (SSSR count). The number of urea groups is 1. The van der Waals surface area contributed by atoms with Gasteiger partial charge in [-0.15, -0.1) is 11.8 Å². The minimum Gasteiger partial charge on any atom is -0.497 e. The smallest absolute Gasteiger partial charge is 0.322 e. The van der Waals surface area contributed by atoms with Crippen LogP contribution in [0.4, 0.5) is 4.79 Å². The first kappa shape index (κ1) is 22.9. The summed E-state index contributed by atoms with van der Waals surface area (Å²) < 4.78 is 16.3. The van der Waals surface area contributed by atoms with Gasteiger partial charge in [-0.05, 0) is 55.1 Å². The first-order valence-corrected chi connectivity index (χ1v) is 11.7. The zero-order chi connectivity index (χ0) is 23.4. The van der Waals surface area contributed by atoms with Crippen molar-refractivity contribution in [1.29, 1.82) is 0 Å². The molecule has 1 atom stereocenters. The molecule has 1 unspecified atom stereocenters. The number of rotatable bonds is 8. The van der Waals surface area contributed by atoms with Crippen molar-refractivity contribution in [3.05, 3.63) is 65.7 Å². The van der Waals surface area contributed by atoms with Crippen molar-refractivity contribution >= 4 is 23.4 Å². The van der Waals surface area contributed by atoms with Crippen LogP contribution in [0.2, 0.25) is 0 Å². The Hall–Kier alpha value is -3.30. The number of hydrogen-bond acceptors (Lipinski definition) is 7. The number of amides is 2. The fraction of sp³-hybridized carbons (Fsp3) is 0.292. The van der Waals surface area contributed by atoms with Crippen LogP contribution in [-0.2, 0) is 4.74 Å². The molecule has 1 aromatic heterocycles. The van der Waals surface area contributed by atoms with E-state index in [0.717, 1.165) is 27.3 Å². The second kappa shape index (κ2) is 10.1. The van der Waals surface area contributed by atoms with Crippen molar-refractivity contribution < 1.29 is 18.8 Å². The molecule has 8 nitrogen and oxygen atoms in total. The molecule has 1 aliphatic rings. The third-order valence-corrected chi connectivity index (χ3v) is 6.29. The Balaban J connectivity index is 1.78. The summed E-state index contributed by atoms with van der Waals surface area (Å²) in [6, 6.07) is 14.9. The van der Waals surface area contributed by atoms with E-state index in [9.17, 15) is 4.79 Å². The number of aromatic nitrogens is 2. The zero-order valence-electron chi connectivity index (χ0n) is 19.0. The minimum absolute atomic E-state index is 0.214. The Morgan fingerprint density at radius 1 is 1.18 bits per heavy atom. The normalized spacial score (nSPS) is 16.2. The Kier molecular flexibility index (Phi) is 7.00. The van der Waals surface area contributed by atoms with Crippen LogP contribution in [0.5, 0.6) is 5.75 Å². The van der Waals surface area contributed by atoms with Crippen molar-refractivity contribution in [2.45, 2.75) is 17.9 Å². The number of carbonyl (C=O) groups is 1. The standard InChI is InChI=1S/C24H26N4O4S/c1-15-20(23-26-22(27-32-23)16-8-10-19(33-4)11-9-16)21(17-6-5-7-18(14-17)31-3)25-24(29)28(15)12-13-30-2/h5-11,14,21H,12-13H2,1-4H3,(H,25,29). The molecule has 9 heteroatoms. The molecule has 0 fully saturated rings. The van der Waals surface area contributed by atoms with Crippen LogP contribution < -0.4 is 10.1 Å². The van der Waals surface area contributed by atoms with Gasteiger partial charge in [0.25, 0.3) is 5.89 Å². The fourth-order valence-corrected chi connectivity index (χ4v) is 4.18. The van der Waals surface area contributed by atoms with Crippen molar-refractivity contribution in [3.8, 4) is 17.1 Å². The summed E-state index contributed by atoms with van der Waals surface area (Å²) in [5, 5.41) is 7.29. The summed E-state index contributed by atoms with van der Waals surface area (Å²) in [4.78, 5) is 20.4. The molecular weight excluding hydrogens is 440 g/mol. The summed E-state index contributed by atoms with van der Waals surface area (Å²) >= 11 is 1.67. The highest BCUT2D eigenvalue weighted by Crippen LogP contribution is 2.38. The van der Waals surface area contributed by atoms with E-state index in [1.165, 1.54) is 0 Å². The van der Waals surface area contributed by atoms with Crippen LogP contribution in [0, 0.1) is 0 Å². The Bertz CT molecular complexity index is 1160. The molecule has 0 saturated carbocycles. The van der Waals surface area contributed by atoms with Crippen LogP contribution in [0.1, 0.15) is 24.4 Å². The van der Waals surface area contributed by atoms with Crippen molar-refractivity contribution in [2.75, 3.05) is 33.6 Å². The molecule has 2 heterocycles. The fourth-order valence-electron chi connectivity index (χ4n) is 3.77. The number of carbonyl (C=O) groups excluding carboxylic acids is 1. The molecule has 0 aliphatic carbocycles. The maximum absolute atomic E-state index is 12.9. The van der Waals surface area contributed by atoms with E-state index in [0.29, 0.717) is 30.6 Å². The maximum Gasteiger partial charge on any atom is 0.322 e. The topological polar surface area (TPSA) is 89.7 Å². The minimum atomic E-state index is -0.474. The van der Waals surface area contributed by atoms with E-state index in [1.807, 2.05) is 61.7 Å². The highest BCUT2D eigenvalue weighted by molar-refractivity contribution is 7.98. The number of methoxy groups -OCH3 is 2. The van der Waals surface area contributed by atoms with Gasteiger partial charge < -0.3 is 19.3 Å². The van der Waals surface area contributed by atoms with Gasteiger partial charge in [0.15, 0.2) is 0 Å². The lowest BCUT2D eigenvalue weighted by Gasteiger charge is -2.35. The van der Waals surface area contributed by atoms with Gasteiger partial charge in [0.05, 0.1) is 31.9 Å². The molecule has 33 heavy (non-hydrogen) atoms. The average molecular weight is 467 g/mol. The molecule has 1 N–H and O–H groups in total. The predicted molar refractivity (Wildman–Crippen MR) is 127 cm³/mol. The van der Waals surface area contributed by atoms with E-state index < -0.39 is 6.04 Å². The Morgan fingerprint density at radius 2 is 1.97 bits per heavy atom. The Labute approximate surface area is 197 Å². The lowest BCUT2D eigenvalue weighted by atomic mass is 9.94. The number of benzene rings is 2. The van der Waals surface area contributed by atoms with Crippen LogP contribution in [0.15, 0.2) is 63.6 Å². The molecule has 2 aromatic carbocycles. The lowest BCUT2D eigenvalue weighted by Crippen LogP contribution is -2.47. The molecule has 0 spiro atoms.